The van der Waals surface area contributed by atoms with Crippen LogP contribution in [0.25, 0.3) is 0 Å². The van der Waals surface area contributed by atoms with Gasteiger partial charge in [-0.05, 0) is 43.8 Å². The standard InChI is InChI=1S/C16H26O3S/c17-14(12-4-2-1-3-5-12)15(18)13-6-8-19-16(10-13)7-9-20-11-16/h12-14,17H,1-11H2. The summed E-state index contributed by atoms with van der Waals surface area (Å²) in [6.45, 7) is 0.689. The van der Waals surface area contributed by atoms with Crippen molar-refractivity contribution in [3.8, 4) is 0 Å². The molecule has 0 aromatic rings. The number of carbonyl (C=O) groups is 1. The number of ketones is 1. The van der Waals surface area contributed by atoms with E-state index in [9.17, 15) is 9.90 Å². The van der Waals surface area contributed by atoms with Crippen molar-refractivity contribution in [3.05, 3.63) is 0 Å². The highest BCUT2D eigenvalue weighted by Gasteiger charge is 2.44. The number of carbonyl (C=O) groups excluding carboxylic acids is 1. The van der Waals surface area contributed by atoms with Crippen LogP contribution in [0.2, 0.25) is 0 Å². The molecule has 2 aliphatic heterocycles. The molecule has 3 atom stereocenters. The largest absolute Gasteiger partial charge is 0.385 e. The fourth-order valence-corrected chi connectivity index (χ4v) is 5.44. The van der Waals surface area contributed by atoms with E-state index in [0.29, 0.717) is 6.61 Å². The minimum Gasteiger partial charge on any atom is -0.385 e. The average molecular weight is 298 g/mol. The maximum atomic E-state index is 12.6. The fraction of sp³-hybridized carbons (Fsp3) is 0.938. The molecule has 0 bridgehead atoms. The summed E-state index contributed by atoms with van der Waals surface area (Å²) in [7, 11) is 0. The maximum Gasteiger partial charge on any atom is 0.164 e. The number of aliphatic hydroxyl groups is 1. The highest BCUT2D eigenvalue weighted by Crippen LogP contribution is 2.41. The van der Waals surface area contributed by atoms with Crippen molar-refractivity contribution in [1.82, 2.24) is 0 Å². The zero-order valence-corrected chi connectivity index (χ0v) is 13.0. The molecule has 0 amide bonds. The van der Waals surface area contributed by atoms with E-state index in [1.54, 1.807) is 0 Å². The molecule has 3 unspecified atom stereocenters. The van der Waals surface area contributed by atoms with E-state index in [1.807, 2.05) is 11.8 Å². The van der Waals surface area contributed by atoms with Gasteiger partial charge in [-0.15, -0.1) is 0 Å². The molecule has 1 aliphatic carbocycles. The summed E-state index contributed by atoms with van der Waals surface area (Å²) in [5.41, 5.74) is -0.0600. The third kappa shape index (κ3) is 3.07. The van der Waals surface area contributed by atoms with Crippen molar-refractivity contribution in [2.75, 3.05) is 18.1 Å². The van der Waals surface area contributed by atoms with E-state index in [4.69, 9.17) is 4.74 Å². The Hall–Kier alpha value is -0.0600. The number of hydrogen-bond donors (Lipinski definition) is 1. The second-order valence-electron chi connectivity index (χ2n) is 6.77. The topological polar surface area (TPSA) is 46.5 Å². The fourth-order valence-electron chi connectivity index (χ4n) is 4.06. The summed E-state index contributed by atoms with van der Waals surface area (Å²) in [5, 5.41) is 10.4. The van der Waals surface area contributed by atoms with Crippen LogP contribution in [-0.4, -0.2) is 40.7 Å². The Labute approximate surface area is 125 Å². The van der Waals surface area contributed by atoms with Gasteiger partial charge in [0.15, 0.2) is 5.78 Å². The minimum absolute atomic E-state index is 0.0272. The number of rotatable bonds is 3. The van der Waals surface area contributed by atoms with E-state index in [2.05, 4.69) is 0 Å². The third-order valence-electron chi connectivity index (χ3n) is 5.35. The highest BCUT2D eigenvalue weighted by atomic mass is 32.2. The van der Waals surface area contributed by atoms with Crippen molar-refractivity contribution in [1.29, 1.82) is 0 Å². The van der Waals surface area contributed by atoms with E-state index in [-0.39, 0.29) is 23.2 Å². The second kappa shape index (κ2) is 6.37. The van der Waals surface area contributed by atoms with Gasteiger partial charge in [-0.25, -0.2) is 0 Å². The van der Waals surface area contributed by atoms with Crippen LogP contribution in [0, 0.1) is 11.8 Å². The van der Waals surface area contributed by atoms with Crippen LogP contribution in [0.5, 0.6) is 0 Å². The lowest BCUT2D eigenvalue weighted by Crippen LogP contribution is -2.45. The van der Waals surface area contributed by atoms with Crippen molar-refractivity contribution >= 4 is 17.5 Å². The van der Waals surface area contributed by atoms with E-state index < -0.39 is 6.10 Å². The Balaban J connectivity index is 1.60. The molecular formula is C16H26O3S. The molecule has 2 saturated heterocycles. The van der Waals surface area contributed by atoms with Crippen LogP contribution in [0.4, 0.5) is 0 Å². The molecule has 1 spiro atoms. The number of Topliss-reactive ketones (excluding diaryl/α,β-unsaturated/α-hetero) is 1. The van der Waals surface area contributed by atoms with Crippen molar-refractivity contribution in [3.63, 3.8) is 0 Å². The summed E-state index contributed by atoms with van der Waals surface area (Å²) >= 11 is 1.93. The van der Waals surface area contributed by atoms with Gasteiger partial charge in [-0.2, -0.15) is 11.8 Å². The Kier molecular flexibility index (Phi) is 4.73. The molecule has 3 fully saturated rings. The van der Waals surface area contributed by atoms with Gasteiger partial charge in [0.1, 0.15) is 6.10 Å². The molecule has 1 N–H and O–H groups in total. The molecule has 0 aromatic carbocycles. The van der Waals surface area contributed by atoms with E-state index >= 15 is 0 Å². The van der Waals surface area contributed by atoms with Gasteiger partial charge in [0.2, 0.25) is 0 Å². The predicted molar refractivity (Wildman–Crippen MR) is 80.9 cm³/mol. The lowest BCUT2D eigenvalue weighted by atomic mass is 9.77. The van der Waals surface area contributed by atoms with Gasteiger partial charge in [0, 0.05) is 18.3 Å². The van der Waals surface area contributed by atoms with E-state index in [0.717, 1.165) is 43.6 Å². The number of thioether (sulfide) groups is 1. The molecule has 2 heterocycles. The third-order valence-corrected chi connectivity index (χ3v) is 6.57. The monoisotopic (exact) mass is 298 g/mol. The molecule has 4 heteroatoms. The van der Waals surface area contributed by atoms with Gasteiger partial charge >= 0.3 is 0 Å². The Morgan fingerprint density at radius 1 is 1.25 bits per heavy atom. The quantitative estimate of drug-likeness (QED) is 0.870. The summed E-state index contributed by atoms with van der Waals surface area (Å²) in [6, 6.07) is 0. The SMILES string of the molecule is O=C(C1CCOC2(CCSC2)C1)C(O)C1CCCCC1. The Bertz CT molecular complexity index is 346. The molecule has 0 aromatic heterocycles. The summed E-state index contributed by atoms with van der Waals surface area (Å²) in [5.74, 6) is 2.52. The predicted octanol–water partition coefficient (Wildman–Crippen LogP) is 2.80. The van der Waals surface area contributed by atoms with Gasteiger partial charge in [0.05, 0.1) is 5.60 Å². The highest BCUT2D eigenvalue weighted by molar-refractivity contribution is 7.99. The molecule has 20 heavy (non-hydrogen) atoms. The van der Waals surface area contributed by atoms with Crippen molar-refractivity contribution in [2.24, 2.45) is 11.8 Å². The number of hydrogen-bond acceptors (Lipinski definition) is 4. The zero-order valence-electron chi connectivity index (χ0n) is 12.2. The maximum absolute atomic E-state index is 12.6. The van der Waals surface area contributed by atoms with Gasteiger partial charge < -0.3 is 9.84 Å². The lowest BCUT2D eigenvalue weighted by Gasteiger charge is -2.38. The minimum atomic E-state index is -0.718. The van der Waals surface area contributed by atoms with Gasteiger partial charge in [0.25, 0.3) is 0 Å². The van der Waals surface area contributed by atoms with Crippen LogP contribution in [-0.2, 0) is 9.53 Å². The van der Waals surface area contributed by atoms with Gasteiger partial charge in [-0.1, -0.05) is 19.3 Å². The van der Waals surface area contributed by atoms with Crippen molar-refractivity contribution < 1.29 is 14.6 Å². The van der Waals surface area contributed by atoms with Crippen LogP contribution >= 0.6 is 11.8 Å². The first kappa shape index (κ1) is 14.9. The van der Waals surface area contributed by atoms with E-state index in [1.165, 1.54) is 19.3 Å². The molecule has 3 rings (SSSR count). The molecule has 1 saturated carbocycles. The average Bonchev–Trinajstić information content (AvgIpc) is 2.94. The zero-order chi connectivity index (χ0) is 14.0. The summed E-state index contributed by atoms with van der Waals surface area (Å²) < 4.78 is 5.98. The lowest BCUT2D eigenvalue weighted by molar-refractivity contribution is -0.145. The molecular weight excluding hydrogens is 272 g/mol. The number of ether oxygens (including phenoxy) is 1. The van der Waals surface area contributed by atoms with Crippen LogP contribution < -0.4 is 0 Å². The molecule has 0 radical (unpaired) electrons. The summed E-state index contributed by atoms with van der Waals surface area (Å²) in [6.07, 6.45) is 7.64. The second-order valence-corrected chi connectivity index (χ2v) is 7.87. The molecule has 114 valence electrons. The molecule has 3 nitrogen and oxygen atoms in total. The van der Waals surface area contributed by atoms with Crippen LogP contribution in [0.3, 0.4) is 0 Å². The smallest absolute Gasteiger partial charge is 0.164 e. The molecule has 3 aliphatic rings. The first-order chi connectivity index (χ1) is 9.70. The van der Waals surface area contributed by atoms with Crippen LogP contribution in [0.1, 0.15) is 51.4 Å². The normalized spacial score (nSPS) is 37.1. The first-order valence-corrected chi connectivity index (χ1v) is 9.29. The van der Waals surface area contributed by atoms with Gasteiger partial charge in [-0.3, -0.25) is 4.79 Å². The van der Waals surface area contributed by atoms with Crippen molar-refractivity contribution in [2.45, 2.75) is 63.1 Å². The Morgan fingerprint density at radius 2 is 2.05 bits per heavy atom. The number of aliphatic hydroxyl groups excluding tert-OH is 1. The van der Waals surface area contributed by atoms with Crippen LogP contribution in [0.15, 0.2) is 0 Å². The Morgan fingerprint density at radius 3 is 2.75 bits per heavy atom. The summed E-state index contributed by atoms with van der Waals surface area (Å²) in [4.78, 5) is 12.6. The first-order valence-electron chi connectivity index (χ1n) is 8.14.